The molecular formula is C18H32N2O. The normalized spacial score (nSPS) is 36.4. The molecule has 3 heteroatoms. The van der Waals surface area contributed by atoms with Crippen molar-refractivity contribution in [3.63, 3.8) is 0 Å². The van der Waals surface area contributed by atoms with Crippen molar-refractivity contribution in [1.82, 2.24) is 10.2 Å². The summed E-state index contributed by atoms with van der Waals surface area (Å²) in [6, 6.07) is 1.52. The monoisotopic (exact) mass is 292 g/mol. The third-order valence-electron chi connectivity index (χ3n) is 6.68. The largest absolute Gasteiger partial charge is 0.378 e. The maximum atomic E-state index is 5.97. The van der Waals surface area contributed by atoms with Crippen LogP contribution in [0.1, 0.15) is 58.3 Å². The van der Waals surface area contributed by atoms with Crippen LogP contribution in [0, 0.1) is 11.3 Å². The van der Waals surface area contributed by atoms with E-state index >= 15 is 0 Å². The fraction of sp³-hybridized carbons (Fsp3) is 1.00. The summed E-state index contributed by atoms with van der Waals surface area (Å²) in [6.07, 6.45) is 11.7. The van der Waals surface area contributed by atoms with Gasteiger partial charge in [0.15, 0.2) is 0 Å². The molecule has 0 unspecified atom stereocenters. The first kappa shape index (κ1) is 14.5. The molecule has 0 aromatic carbocycles. The summed E-state index contributed by atoms with van der Waals surface area (Å²) in [5, 5.41) is 4.02. The fourth-order valence-electron chi connectivity index (χ4n) is 4.90. The van der Waals surface area contributed by atoms with Crippen molar-refractivity contribution in [1.29, 1.82) is 0 Å². The first-order chi connectivity index (χ1) is 10.3. The van der Waals surface area contributed by atoms with E-state index in [2.05, 4.69) is 17.1 Å². The molecule has 0 radical (unpaired) electrons. The topological polar surface area (TPSA) is 24.5 Å². The molecule has 0 aromatic rings. The maximum absolute atomic E-state index is 5.97. The second-order valence-corrected chi connectivity index (χ2v) is 8.00. The second-order valence-electron chi connectivity index (χ2n) is 8.00. The molecule has 1 saturated heterocycles. The molecule has 1 N–H and O–H groups in total. The van der Waals surface area contributed by atoms with Gasteiger partial charge in [0.05, 0.1) is 6.10 Å². The molecule has 1 spiro atoms. The van der Waals surface area contributed by atoms with E-state index in [1.165, 1.54) is 71.0 Å². The second kappa shape index (κ2) is 5.82. The van der Waals surface area contributed by atoms with Gasteiger partial charge in [-0.1, -0.05) is 6.42 Å². The van der Waals surface area contributed by atoms with Crippen molar-refractivity contribution in [2.75, 3.05) is 26.2 Å². The van der Waals surface area contributed by atoms with Gasteiger partial charge >= 0.3 is 0 Å². The van der Waals surface area contributed by atoms with E-state index in [1.807, 2.05) is 0 Å². The molecule has 21 heavy (non-hydrogen) atoms. The zero-order valence-corrected chi connectivity index (χ0v) is 13.7. The number of ether oxygens (including phenoxy) is 1. The Balaban J connectivity index is 1.24. The van der Waals surface area contributed by atoms with Crippen LogP contribution in [0.5, 0.6) is 0 Å². The van der Waals surface area contributed by atoms with Gasteiger partial charge in [-0.3, -0.25) is 0 Å². The Morgan fingerprint density at radius 2 is 1.90 bits per heavy atom. The molecule has 1 heterocycles. The predicted molar refractivity (Wildman–Crippen MR) is 85.4 cm³/mol. The molecule has 4 fully saturated rings. The van der Waals surface area contributed by atoms with Gasteiger partial charge in [-0.2, -0.15) is 0 Å². The quantitative estimate of drug-likeness (QED) is 0.815. The van der Waals surface area contributed by atoms with Crippen LogP contribution in [0.4, 0.5) is 0 Å². The molecule has 2 atom stereocenters. The highest BCUT2D eigenvalue weighted by Crippen LogP contribution is 2.57. The summed E-state index contributed by atoms with van der Waals surface area (Å²) in [5.41, 5.74) is 0.529. The van der Waals surface area contributed by atoms with Crippen LogP contribution in [-0.2, 0) is 4.74 Å². The lowest BCUT2D eigenvalue weighted by atomic mass is 9.51. The van der Waals surface area contributed by atoms with Gasteiger partial charge in [-0.15, -0.1) is 0 Å². The number of rotatable bonds is 6. The molecule has 0 amide bonds. The molecule has 3 aliphatic carbocycles. The standard InChI is InChI=1S/C18H32N2O/c1-2-21-17-12-16(18(17)8-3-9-18)19-15-6-10-20(11-7-15)13-14-4-5-14/h14-17,19H,2-13H2,1H3/t16-,17-/m1/s1. The van der Waals surface area contributed by atoms with Crippen molar-refractivity contribution >= 4 is 0 Å². The number of hydrogen-bond donors (Lipinski definition) is 1. The third kappa shape index (κ3) is 2.77. The highest BCUT2D eigenvalue weighted by molar-refractivity contribution is 5.12. The van der Waals surface area contributed by atoms with E-state index in [4.69, 9.17) is 4.74 Å². The first-order valence-electron chi connectivity index (χ1n) is 9.40. The zero-order valence-electron chi connectivity index (χ0n) is 13.7. The van der Waals surface area contributed by atoms with E-state index in [9.17, 15) is 0 Å². The van der Waals surface area contributed by atoms with Gasteiger partial charge in [-0.25, -0.2) is 0 Å². The smallest absolute Gasteiger partial charge is 0.0661 e. The lowest BCUT2D eigenvalue weighted by molar-refractivity contribution is -0.175. The van der Waals surface area contributed by atoms with Crippen molar-refractivity contribution in [3.8, 4) is 0 Å². The highest BCUT2D eigenvalue weighted by Gasteiger charge is 2.59. The Kier molecular flexibility index (Phi) is 4.01. The SMILES string of the molecule is CCO[C@@H]1C[C@@H](NC2CCN(CC3CC3)CC2)C12CCC2. The van der Waals surface area contributed by atoms with Crippen molar-refractivity contribution in [2.24, 2.45) is 11.3 Å². The third-order valence-corrected chi connectivity index (χ3v) is 6.68. The minimum absolute atomic E-state index is 0.529. The van der Waals surface area contributed by atoms with Gasteiger partial charge in [-0.05, 0) is 70.9 Å². The van der Waals surface area contributed by atoms with Gasteiger partial charge in [0.2, 0.25) is 0 Å². The Bertz CT molecular complexity index is 356. The molecule has 3 nitrogen and oxygen atoms in total. The molecule has 1 aliphatic heterocycles. The van der Waals surface area contributed by atoms with Crippen LogP contribution in [-0.4, -0.2) is 49.3 Å². The number of nitrogens with one attached hydrogen (secondary N) is 1. The first-order valence-corrected chi connectivity index (χ1v) is 9.40. The van der Waals surface area contributed by atoms with Crippen LogP contribution in [0.2, 0.25) is 0 Å². The van der Waals surface area contributed by atoms with Crippen LogP contribution in [0.15, 0.2) is 0 Å². The van der Waals surface area contributed by atoms with Gasteiger partial charge in [0.1, 0.15) is 0 Å². The molecule has 4 rings (SSSR count). The average Bonchev–Trinajstić information content (AvgIpc) is 3.21. The lowest BCUT2D eigenvalue weighted by Crippen LogP contribution is -2.68. The predicted octanol–water partition coefficient (Wildman–Crippen LogP) is 2.80. The number of hydrogen-bond acceptors (Lipinski definition) is 3. The van der Waals surface area contributed by atoms with Crippen LogP contribution < -0.4 is 5.32 Å². The maximum Gasteiger partial charge on any atom is 0.0661 e. The molecular weight excluding hydrogens is 260 g/mol. The van der Waals surface area contributed by atoms with Crippen molar-refractivity contribution in [2.45, 2.75) is 76.5 Å². The number of likely N-dealkylation sites (tertiary alicyclic amines) is 1. The summed E-state index contributed by atoms with van der Waals surface area (Å²) in [6.45, 7) is 7.06. The van der Waals surface area contributed by atoms with E-state index in [0.29, 0.717) is 11.5 Å². The van der Waals surface area contributed by atoms with E-state index in [-0.39, 0.29) is 0 Å². The van der Waals surface area contributed by atoms with Gasteiger partial charge in [0, 0.05) is 30.7 Å². The Morgan fingerprint density at radius 3 is 2.48 bits per heavy atom. The van der Waals surface area contributed by atoms with E-state index < -0.39 is 0 Å². The molecule has 0 bridgehead atoms. The lowest BCUT2D eigenvalue weighted by Gasteiger charge is -2.62. The number of piperidine rings is 1. The summed E-state index contributed by atoms with van der Waals surface area (Å²) in [5.74, 6) is 1.05. The van der Waals surface area contributed by atoms with E-state index in [0.717, 1.165) is 24.6 Å². The van der Waals surface area contributed by atoms with E-state index in [1.54, 1.807) is 0 Å². The summed E-state index contributed by atoms with van der Waals surface area (Å²) >= 11 is 0. The molecule has 3 saturated carbocycles. The summed E-state index contributed by atoms with van der Waals surface area (Å²) in [7, 11) is 0. The Hall–Kier alpha value is -0.120. The Labute approximate surface area is 129 Å². The van der Waals surface area contributed by atoms with Gasteiger partial charge in [0.25, 0.3) is 0 Å². The molecule has 120 valence electrons. The van der Waals surface area contributed by atoms with Crippen molar-refractivity contribution < 1.29 is 4.74 Å². The van der Waals surface area contributed by atoms with Crippen molar-refractivity contribution in [3.05, 3.63) is 0 Å². The zero-order chi connectivity index (χ0) is 14.3. The van der Waals surface area contributed by atoms with Crippen LogP contribution in [0.25, 0.3) is 0 Å². The van der Waals surface area contributed by atoms with Crippen LogP contribution >= 0.6 is 0 Å². The minimum Gasteiger partial charge on any atom is -0.378 e. The molecule has 0 aromatic heterocycles. The summed E-state index contributed by atoms with van der Waals surface area (Å²) in [4.78, 5) is 2.71. The fourth-order valence-corrected chi connectivity index (χ4v) is 4.90. The summed E-state index contributed by atoms with van der Waals surface area (Å²) < 4.78 is 5.97. The highest BCUT2D eigenvalue weighted by atomic mass is 16.5. The van der Waals surface area contributed by atoms with Gasteiger partial charge < -0.3 is 15.0 Å². The van der Waals surface area contributed by atoms with Crippen LogP contribution in [0.3, 0.4) is 0 Å². The Morgan fingerprint density at radius 1 is 1.14 bits per heavy atom. The average molecular weight is 292 g/mol. The minimum atomic E-state index is 0.529. The molecule has 4 aliphatic rings. The number of nitrogens with zero attached hydrogens (tertiary/aromatic N) is 1.